The zero-order valence-electron chi connectivity index (χ0n) is 12.7. The maximum atomic E-state index is 10.2. The second kappa shape index (κ2) is 6.43. The predicted molar refractivity (Wildman–Crippen MR) is 85.6 cm³/mol. The fraction of sp³-hybridized carbons (Fsp3) is 0.250. The van der Waals surface area contributed by atoms with E-state index in [2.05, 4.69) is 13.8 Å². The first-order chi connectivity index (χ1) is 10.9. The van der Waals surface area contributed by atoms with Gasteiger partial charge < -0.3 is 5.11 Å². The molecule has 0 saturated carbocycles. The maximum absolute atomic E-state index is 10.2. The molecule has 1 aromatic rings. The van der Waals surface area contributed by atoms with Crippen molar-refractivity contribution in [1.82, 2.24) is 0 Å². The van der Waals surface area contributed by atoms with Crippen LogP contribution in [0.2, 0.25) is 0 Å². The molecule has 0 fully saturated rings. The van der Waals surface area contributed by atoms with Crippen molar-refractivity contribution in [2.24, 2.45) is 0 Å². The van der Waals surface area contributed by atoms with Gasteiger partial charge in [0, 0.05) is 17.7 Å². The van der Waals surface area contributed by atoms with Crippen LogP contribution in [0.5, 0.6) is 5.75 Å². The summed E-state index contributed by atoms with van der Waals surface area (Å²) in [4.78, 5) is 19.2. The Morgan fingerprint density at radius 1 is 1.09 bits per heavy atom. The van der Waals surface area contributed by atoms with Gasteiger partial charge in [-0.1, -0.05) is 32.0 Å². The molecule has 1 atom stereocenters. The highest BCUT2D eigenvalue weighted by atomic mass is 16.6. The quantitative estimate of drug-likeness (QED) is 0.567. The first-order valence-electron chi connectivity index (χ1n) is 7.11. The molecular weight excluding hydrogens is 300 g/mol. The van der Waals surface area contributed by atoms with Gasteiger partial charge in [-0.15, -0.1) is 0 Å². The highest BCUT2D eigenvalue weighted by Crippen LogP contribution is 2.50. The lowest BCUT2D eigenvalue weighted by atomic mass is 9.88. The van der Waals surface area contributed by atoms with Gasteiger partial charge >= 0.3 is 0 Å². The molecule has 0 aromatic heterocycles. The lowest BCUT2D eigenvalue weighted by molar-refractivity contribution is -0.394. The number of para-hydroxylation sites is 1. The van der Waals surface area contributed by atoms with Crippen molar-refractivity contribution in [3.63, 3.8) is 0 Å². The zero-order valence-corrected chi connectivity index (χ0v) is 12.7. The zero-order chi connectivity index (χ0) is 17.1. The number of phenols is 1. The van der Waals surface area contributed by atoms with Crippen LogP contribution in [0.1, 0.15) is 31.7 Å². The van der Waals surface area contributed by atoms with E-state index in [1.165, 1.54) is 12.1 Å². The lowest BCUT2D eigenvalue weighted by Gasteiger charge is -2.14. The van der Waals surface area contributed by atoms with Crippen LogP contribution < -0.4 is 0 Å². The van der Waals surface area contributed by atoms with E-state index in [0.717, 1.165) is 12.0 Å². The van der Waals surface area contributed by atoms with E-state index >= 15 is 0 Å². The number of phenolic OH excluding ortho intramolecular Hbond substituents is 1. The normalized spacial score (nSPS) is 11.9. The van der Waals surface area contributed by atoms with Crippen LogP contribution in [0.3, 0.4) is 0 Å². The van der Waals surface area contributed by atoms with Gasteiger partial charge in [0.25, 0.3) is 11.4 Å². The Bertz CT molecular complexity index is 738. The minimum absolute atomic E-state index is 0.154. The number of hydrogen-bond acceptors (Lipinski definition) is 5. The van der Waals surface area contributed by atoms with Crippen LogP contribution in [-0.2, 0) is 0 Å². The van der Waals surface area contributed by atoms with Gasteiger partial charge in [0.1, 0.15) is 11.3 Å². The van der Waals surface area contributed by atoms with Crippen LogP contribution in [-0.4, -0.2) is 15.0 Å². The molecule has 1 N–H and O–H groups in total. The predicted octanol–water partition coefficient (Wildman–Crippen LogP) is 4.39. The Hall–Kier alpha value is -2.96. The van der Waals surface area contributed by atoms with Crippen LogP contribution in [0.25, 0.3) is 11.1 Å². The van der Waals surface area contributed by atoms with E-state index in [1.54, 1.807) is 6.07 Å². The topological polar surface area (TPSA) is 107 Å². The summed E-state index contributed by atoms with van der Waals surface area (Å²) in [5.41, 5.74) is 1.53. The molecule has 2 aliphatic carbocycles. The number of rotatable bonds is 4. The average molecular weight is 316 g/mol. The third-order valence-corrected chi connectivity index (χ3v) is 3.86. The van der Waals surface area contributed by atoms with Crippen molar-refractivity contribution in [2.45, 2.75) is 26.2 Å². The molecule has 1 unspecified atom stereocenters. The summed E-state index contributed by atoms with van der Waals surface area (Å²) in [5, 5.41) is 29.8. The van der Waals surface area contributed by atoms with E-state index in [1.807, 2.05) is 18.2 Å². The van der Waals surface area contributed by atoms with Gasteiger partial charge in [0.05, 0.1) is 9.85 Å². The molecule has 0 bridgehead atoms. The van der Waals surface area contributed by atoms with Crippen molar-refractivity contribution in [3.8, 4) is 16.9 Å². The molecule has 23 heavy (non-hydrogen) atoms. The number of aromatic hydroxyl groups is 1. The molecule has 0 aliphatic heterocycles. The number of benzene rings is 2. The van der Waals surface area contributed by atoms with Crippen LogP contribution in [0.15, 0.2) is 36.4 Å². The van der Waals surface area contributed by atoms with E-state index in [9.17, 15) is 25.3 Å². The summed E-state index contributed by atoms with van der Waals surface area (Å²) in [6.07, 6.45) is 1.07. The Morgan fingerprint density at radius 3 is 2.00 bits per heavy atom. The summed E-state index contributed by atoms with van der Waals surface area (Å²) in [7, 11) is 0. The Balaban J connectivity index is 0.000000168. The largest absolute Gasteiger partial charge is 0.508 e. The number of hydrogen-bond donors (Lipinski definition) is 1. The molecular formula is C16H16N2O5. The standard InChI is InChI=1S/C10H14O.C6H2N2O4/c1-3-8(2)9-6-4-5-7-10(9)11;9-7(10)4-1-3-2-5(6(3)4)8(11)12/h4-8,11H,3H2,1-2H3;1-2H. The van der Waals surface area contributed by atoms with Crippen LogP contribution in [0, 0.1) is 20.2 Å². The molecule has 7 nitrogen and oxygen atoms in total. The molecule has 120 valence electrons. The molecule has 0 spiro atoms. The molecule has 3 rings (SSSR count). The van der Waals surface area contributed by atoms with E-state index in [-0.39, 0.29) is 16.9 Å². The third kappa shape index (κ3) is 3.13. The van der Waals surface area contributed by atoms with Crippen molar-refractivity contribution in [1.29, 1.82) is 0 Å². The summed E-state index contributed by atoms with van der Waals surface area (Å²) in [6.45, 7) is 4.24. The number of nitro benzene ring substituents is 2. The van der Waals surface area contributed by atoms with Gasteiger partial charge in [-0.05, 0) is 24.0 Å². The fourth-order valence-corrected chi connectivity index (χ4v) is 2.31. The van der Waals surface area contributed by atoms with Gasteiger partial charge in [-0.25, -0.2) is 0 Å². The van der Waals surface area contributed by atoms with Gasteiger partial charge in [-0.3, -0.25) is 20.2 Å². The average Bonchev–Trinajstić information content (AvgIpc) is 2.49. The number of fused-ring (bicyclic) bond motifs is 1. The summed E-state index contributed by atoms with van der Waals surface area (Å²) < 4.78 is 0. The Morgan fingerprint density at radius 2 is 1.61 bits per heavy atom. The van der Waals surface area contributed by atoms with E-state index in [0.29, 0.717) is 17.2 Å². The van der Waals surface area contributed by atoms with Crippen molar-refractivity contribution >= 4 is 11.4 Å². The smallest absolute Gasteiger partial charge is 0.284 e. The second-order valence-corrected chi connectivity index (χ2v) is 5.27. The number of nitrogens with zero attached hydrogens (tertiary/aromatic N) is 2. The highest BCUT2D eigenvalue weighted by Gasteiger charge is 2.38. The second-order valence-electron chi connectivity index (χ2n) is 5.27. The van der Waals surface area contributed by atoms with Gasteiger partial charge in [0.15, 0.2) is 0 Å². The third-order valence-electron chi connectivity index (χ3n) is 3.86. The van der Waals surface area contributed by atoms with E-state index < -0.39 is 9.85 Å². The molecule has 0 heterocycles. The molecule has 0 saturated heterocycles. The lowest BCUT2D eigenvalue weighted by Crippen LogP contribution is -2.06. The van der Waals surface area contributed by atoms with Crippen LogP contribution in [0.4, 0.5) is 11.4 Å². The van der Waals surface area contributed by atoms with Crippen molar-refractivity contribution in [2.75, 3.05) is 0 Å². The van der Waals surface area contributed by atoms with Crippen molar-refractivity contribution in [3.05, 3.63) is 62.2 Å². The monoisotopic (exact) mass is 316 g/mol. The molecule has 0 radical (unpaired) electrons. The fourth-order valence-electron chi connectivity index (χ4n) is 2.31. The summed E-state index contributed by atoms with van der Waals surface area (Å²) >= 11 is 0. The van der Waals surface area contributed by atoms with Gasteiger partial charge in [0.2, 0.25) is 0 Å². The van der Waals surface area contributed by atoms with Crippen LogP contribution >= 0.6 is 0 Å². The first-order valence-corrected chi connectivity index (χ1v) is 7.11. The summed E-state index contributed by atoms with van der Waals surface area (Å²) in [6, 6.07) is 10.2. The molecule has 0 amide bonds. The SMILES string of the molecule is CCC(C)c1ccccc1O.O=[N+]([O-])c1cc2cc([N+](=O)[O-])c1-2. The minimum Gasteiger partial charge on any atom is -0.508 e. The molecule has 2 aliphatic rings. The molecule has 7 heteroatoms. The highest BCUT2D eigenvalue weighted by molar-refractivity contribution is 5.97. The maximum Gasteiger partial charge on any atom is 0.284 e. The Kier molecular flexibility index (Phi) is 4.59. The van der Waals surface area contributed by atoms with Gasteiger partial charge in [-0.2, -0.15) is 0 Å². The number of nitro groups is 2. The summed E-state index contributed by atoms with van der Waals surface area (Å²) in [5.74, 6) is 0.873. The molecule has 1 aromatic carbocycles. The van der Waals surface area contributed by atoms with Crippen molar-refractivity contribution < 1.29 is 15.0 Å². The van der Waals surface area contributed by atoms with E-state index in [4.69, 9.17) is 0 Å². The Labute approximate surface area is 132 Å². The minimum atomic E-state index is -0.616. The first kappa shape index (κ1) is 16.4.